The Kier molecular flexibility index (Phi) is 3.73. The summed E-state index contributed by atoms with van der Waals surface area (Å²) in [6, 6.07) is 3.92. The highest BCUT2D eigenvalue weighted by atomic mass is 16.3. The minimum Gasteiger partial charge on any atom is -0.393 e. The topological polar surface area (TPSA) is 62.1 Å². The fourth-order valence-corrected chi connectivity index (χ4v) is 3.68. The van der Waals surface area contributed by atoms with Crippen molar-refractivity contribution >= 4 is 5.82 Å². The second-order valence-corrected chi connectivity index (χ2v) is 6.76. The third kappa shape index (κ3) is 2.81. The number of aliphatic hydroxyl groups is 1. The number of nitrogens with zero attached hydrogens (tertiary/aromatic N) is 4. The quantitative estimate of drug-likeness (QED) is 0.938. The van der Waals surface area contributed by atoms with Crippen molar-refractivity contribution in [1.82, 2.24) is 15.0 Å². The van der Waals surface area contributed by atoms with Gasteiger partial charge in [0.05, 0.1) is 6.10 Å². The van der Waals surface area contributed by atoms with Crippen LogP contribution in [0.4, 0.5) is 5.82 Å². The van der Waals surface area contributed by atoms with Crippen molar-refractivity contribution in [2.75, 3.05) is 18.5 Å². The van der Waals surface area contributed by atoms with Crippen LogP contribution in [0.5, 0.6) is 0 Å². The molecular formula is C18H22N4O. The van der Waals surface area contributed by atoms with E-state index in [1.807, 2.05) is 12.1 Å². The summed E-state index contributed by atoms with van der Waals surface area (Å²) >= 11 is 0. The van der Waals surface area contributed by atoms with E-state index in [0.29, 0.717) is 5.92 Å². The molecule has 1 saturated carbocycles. The van der Waals surface area contributed by atoms with Crippen LogP contribution in [0, 0.1) is 5.92 Å². The number of hydrogen-bond donors (Lipinski definition) is 1. The first-order valence-corrected chi connectivity index (χ1v) is 8.40. The first-order valence-electron chi connectivity index (χ1n) is 8.40. The van der Waals surface area contributed by atoms with Gasteiger partial charge in [0.25, 0.3) is 0 Å². The van der Waals surface area contributed by atoms with Crippen molar-refractivity contribution in [1.29, 1.82) is 0 Å². The summed E-state index contributed by atoms with van der Waals surface area (Å²) in [5.41, 5.74) is 3.52. The van der Waals surface area contributed by atoms with E-state index in [9.17, 15) is 5.11 Å². The lowest BCUT2D eigenvalue weighted by Crippen LogP contribution is -2.37. The van der Waals surface area contributed by atoms with E-state index in [1.165, 1.54) is 11.3 Å². The van der Waals surface area contributed by atoms with Crippen molar-refractivity contribution in [3.05, 3.63) is 35.8 Å². The second kappa shape index (κ2) is 5.89. The largest absolute Gasteiger partial charge is 0.393 e. The van der Waals surface area contributed by atoms with Crippen molar-refractivity contribution in [3.63, 3.8) is 0 Å². The molecule has 0 saturated heterocycles. The minimum absolute atomic E-state index is 0.100. The minimum atomic E-state index is -0.100. The van der Waals surface area contributed by atoms with Gasteiger partial charge in [0, 0.05) is 42.8 Å². The fraction of sp³-hybridized carbons (Fsp3) is 0.500. The van der Waals surface area contributed by atoms with E-state index < -0.39 is 0 Å². The molecule has 0 aliphatic heterocycles. The van der Waals surface area contributed by atoms with Gasteiger partial charge in [-0.25, -0.2) is 9.97 Å². The van der Waals surface area contributed by atoms with E-state index in [2.05, 4.69) is 16.9 Å². The van der Waals surface area contributed by atoms with Gasteiger partial charge in [0.1, 0.15) is 5.82 Å². The maximum Gasteiger partial charge on any atom is 0.161 e. The molecule has 2 aromatic rings. The molecule has 0 bridgehead atoms. The molecule has 4 rings (SSSR count). The summed E-state index contributed by atoms with van der Waals surface area (Å²) in [7, 11) is 2.11. The Bertz CT molecular complexity index is 698. The first-order chi connectivity index (χ1) is 11.2. The Morgan fingerprint density at radius 1 is 1.17 bits per heavy atom. The van der Waals surface area contributed by atoms with Gasteiger partial charge in [-0.2, -0.15) is 0 Å². The second-order valence-electron chi connectivity index (χ2n) is 6.76. The Hall–Kier alpha value is -2.01. The number of aryl methyl sites for hydroxylation is 1. The van der Waals surface area contributed by atoms with Gasteiger partial charge in [0.15, 0.2) is 5.82 Å². The van der Waals surface area contributed by atoms with E-state index in [4.69, 9.17) is 9.97 Å². The van der Waals surface area contributed by atoms with Crippen LogP contribution in [0.3, 0.4) is 0 Å². The van der Waals surface area contributed by atoms with Crippen LogP contribution in [-0.2, 0) is 12.8 Å². The number of anilines is 1. The van der Waals surface area contributed by atoms with Crippen LogP contribution in [0.15, 0.2) is 24.5 Å². The van der Waals surface area contributed by atoms with Gasteiger partial charge in [-0.05, 0) is 50.2 Å². The smallest absolute Gasteiger partial charge is 0.161 e. The standard InChI is InChI=1S/C18H22N4O/c1-22(11-12-9-14(23)10-12)18-15-3-2-4-16(15)20-17(21-18)13-5-7-19-8-6-13/h5-8,12,14,23H,2-4,9-11H2,1H3. The highest BCUT2D eigenvalue weighted by molar-refractivity contribution is 5.60. The summed E-state index contributed by atoms with van der Waals surface area (Å²) < 4.78 is 0. The third-order valence-corrected chi connectivity index (χ3v) is 4.95. The summed E-state index contributed by atoms with van der Waals surface area (Å²) in [5.74, 6) is 2.44. The van der Waals surface area contributed by atoms with Gasteiger partial charge in [-0.3, -0.25) is 4.98 Å². The Morgan fingerprint density at radius 3 is 2.70 bits per heavy atom. The van der Waals surface area contributed by atoms with Gasteiger partial charge >= 0.3 is 0 Å². The fourth-order valence-electron chi connectivity index (χ4n) is 3.68. The summed E-state index contributed by atoms with van der Waals surface area (Å²) in [6.07, 6.45) is 8.56. The van der Waals surface area contributed by atoms with Crippen LogP contribution in [0.25, 0.3) is 11.4 Å². The molecule has 0 amide bonds. The van der Waals surface area contributed by atoms with E-state index in [1.54, 1.807) is 12.4 Å². The molecule has 2 heterocycles. The predicted molar refractivity (Wildman–Crippen MR) is 89.3 cm³/mol. The molecule has 0 atom stereocenters. The lowest BCUT2D eigenvalue weighted by atomic mass is 9.82. The molecule has 1 fully saturated rings. The molecule has 2 aliphatic carbocycles. The molecule has 0 unspecified atom stereocenters. The van der Waals surface area contributed by atoms with Crippen molar-refractivity contribution < 1.29 is 5.11 Å². The number of rotatable bonds is 4. The first kappa shape index (κ1) is 14.6. The van der Waals surface area contributed by atoms with Crippen molar-refractivity contribution in [3.8, 4) is 11.4 Å². The molecule has 0 spiro atoms. The normalized spacial score (nSPS) is 22.5. The zero-order valence-corrected chi connectivity index (χ0v) is 13.4. The molecule has 120 valence electrons. The highest BCUT2D eigenvalue weighted by Gasteiger charge is 2.30. The predicted octanol–water partition coefficient (Wildman–Crippen LogP) is 2.23. The molecular weight excluding hydrogens is 288 g/mol. The molecule has 1 N–H and O–H groups in total. The summed E-state index contributed by atoms with van der Waals surface area (Å²) in [5, 5.41) is 9.50. The average Bonchev–Trinajstić information content (AvgIpc) is 3.01. The lowest BCUT2D eigenvalue weighted by Gasteiger charge is -2.35. The van der Waals surface area contributed by atoms with Crippen LogP contribution >= 0.6 is 0 Å². The molecule has 0 aromatic carbocycles. The zero-order valence-electron chi connectivity index (χ0n) is 13.4. The summed E-state index contributed by atoms with van der Waals surface area (Å²) in [4.78, 5) is 16.0. The summed E-state index contributed by atoms with van der Waals surface area (Å²) in [6.45, 7) is 0.955. The Balaban J connectivity index is 1.66. The number of aliphatic hydroxyl groups excluding tert-OH is 1. The van der Waals surface area contributed by atoms with Crippen LogP contribution in [0.1, 0.15) is 30.5 Å². The Morgan fingerprint density at radius 2 is 1.96 bits per heavy atom. The molecule has 0 radical (unpaired) electrons. The maximum atomic E-state index is 9.50. The molecule has 5 heteroatoms. The maximum absolute atomic E-state index is 9.50. The Labute approximate surface area is 136 Å². The van der Waals surface area contributed by atoms with E-state index >= 15 is 0 Å². The molecule has 2 aliphatic rings. The van der Waals surface area contributed by atoms with Gasteiger partial charge in [0.2, 0.25) is 0 Å². The van der Waals surface area contributed by atoms with Crippen LogP contribution in [0.2, 0.25) is 0 Å². The van der Waals surface area contributed by atoms with Crippen molar-refractivity contribution in [2.45, 2.75) is 38.2 Å². The van der Waals surface area contributed by atoms with Crippen molar-refractivity contribution in [2.24, 2.45) is 5.92 Å². The van der Waals surface area contributed by atoms with Gasteiger partial charge in [-0.1, -0.05) is 0 Å². The molecule has 5 nitrogen and oxygen atoms in total. The molecule has 23 heavy (non-hydrogen) atoms. The molecule has 2 aromatic heterocycles. The number of hydrogen-bond acceptors (Lipinski definition) is 5. The zero-order chi connectivity index (χ0) is 15.8. The monoisotopic (exact) mass is 310 g/mol. The average molecular weight is 310 g/mol. The van der Waals surface area contributed by atoms with Crippen LogP contribution < -0.4 is 4.90 Å². The number of aromatic nitrogens is 3. The van der Waals surface area contributed by atoms with Gasteiger partial charge < -0.3 is 10.0 Å². The van der Waals surface area contributed by atoms with E-state index in [-0.39, 0.29) is 6.10 Å². The highest BCUT2D eigenvalue weighted by Crippen LogP contribution is 2.33. The SMILES string of the molecule is CN(CC1CC(O)C1)c1nc(-c2ccncc2)nc2c1CCC2. The number of fused-ring (bicyclic) bond motifs is 1. The number of pyridine rings is 1. The van der Waals surface area contributed by atoms with Gasteiger partial charge in [-0.15, -0.1) is 0 Å². The van der Waals surface area contributed by atoms with Crippen LogP contribution in [-0.4, -0.2) is 39.8 Å². The van der Waals surface area contributed by atoms with E-state index in [0.717, 1.165) is 55.9 Å². The third-order valence-electron chi connectivity index (χ3n) is 4.95. The lowest BCUT2D eigenvalue weighted by molar-refractivity contribution is 0.0464.